The molecule has 0 amide bonds. The van der Waals surface area contributed by atoms with Crippen molar-refractivity contribution in [3.63, 3.8) is 0 Å². The molecule has 86 valence electrons. The highest BCUT2D eigenvalue weighted by molar-refractivity contribution is 7.84. The van der Waals surface area contributed by atoms with Crippen LogP contribution < -0.4 is 5.73 Å². The first kappa shape index (κ1) is 14.1. The van der Waals surface area contributed by atoms with Gasteiger partial charge < -0.3 is 5.73 Å². The van der Waals surface area contributed by atoms with E-state index in [0.717, 1.165) is 24.3 Å². The lowest BCUT2D eigenvalue weighted by Crippen LogP contribution is -2.25. The van der Waals surface area contributed by atoms with Crippen molar-refractivity contribution in [2.24, 2.45) is 17.1 Å². The van der Waals surface area contributed by atoms with E-state index in [9.17, 15) is 4.21 Å². The molecule has 0 fully saturated rings. The quantitative estimate of drug-likeness (QED) is 0.713. The zero-order chi connectivity index (χ0) is 11.2. The average Bonchev–Trinajstić information content (AvgIpc) is 2.11. The van der Waals surface area contributed by atoms with Gasteiger partial charge in [-0.05, 0) is 30.7 Å². The van der Waals surface area contributed by atoms with E-state index in [2.05, 4.69) is 27.7 Å². The molecule has 1 atom stereocenters. The van der Waals surface area contributed by atoms with Gasteiger partial charge in [0.15, 0.2) is 0 Å². The van der Waals surface area contributed by atoms with Gasteiger partial charge in [-0.2, -0.15) is 0 Å². The molecule has 0 rings (SSSR count). The maximum Gasteiger partial charge on any atom is 0.0240 e. The molecule has 2 N–H and O–H groups in total. The molecule has 3 heteroatoms. The Morgan fingerprint density at radius 2 is 1.86 bits per heavy atom. The van der Waals surface area contributed by atoms with Crippen LogP contribution in [0.25, 0.3) is 0 Å². The first-order chi connectivity index (χ1) is 6.37. The molecule has 2 nitrogen and oxygen atoms in total. The summed E-state index contributed by atoms with van der Waals surface area (Å²) in [4.78, 5) is 0. The summed E-state index contributed by atoms with van der Waals surface area (Å²) in [5.41, 5.74) is 5.76. The lowest BCUT2D eigenvalue weighted by molar-refractivity contribution is 0.367. The lowest BCUT2D eigenvalue weighted by atomic mass is 9.91. The van der Waals surface area contributed by atoms with Gasteiger partial charge in [0.25, 0.3) is 0 Å². The third-order valence-electron chi connectivity index (χ3n) is 2.48. The molecule has 0 aromatic rings. The fourth-order valence-corrected chi connectivity index (χ4v) is 2.68. The first-order valence-corrected chi connectivity index (χ1v) is 6.91. The maximum atomic E-state index is 11.6. The van der Waals surface area contributed by atoms with E-state index in [1.807, 2.05) is 0 Å². The second kappa shape index (κ2) is 6.57. The summed E-state index contributed by atoms with van der Waals surface area (Å²) in [6.07, 6.45) is 2.03. The first-order valence-electron chi connectivity index (χ1n) is 5.42. The molecule has 0 bridgehead atoms. The Hall–Kier alpha value is 0.110. The number of nitrogens with two attached hydrogens (primary N) is 1. The minimum atomic E-state index is -0.644. The Balaban J connectivity index is 3.64. The van der Waals surface area contributed by atoms with Gasteiger partial charge in [-0.3, -0.25) is 4.21 Å². The zero-order valence-corrected chi connectivity index (χ0v) is 10.8. The van der Waals surface area contributed by atoms with Crippen molar-refractivity contribution in [2.75, 3.05) is 18.1 Å². The van der Waals surface area contributed by atoms with E-state index in [1.54, 1.807) is 0 Å². The molecule has 0 aromatic carbocycles. The van der Waals surface area contributed by atoms with Crippen LogP contribution in [0.5, 0.6) is 0 Å². The van der Waals surface area contributed by atoms with Crippen LogP contribution in [-0.4, -0.2) is 22.3 Å². The summed E-state index contributed by atoms with van der Waals surface area (Å²) >= 11 is 0. The molecule has 0 aliphatic rings. The van der Waals surface area contributed by atoms with Crippen LogP contribution in [0.4, 0.5) is 0 Å². The van der Waals surface area contributed by atoms with Crippen LogP contribution in [0.15, 0.2) is 0 Å². The highest BCUT2D eigenvalue weighted by atomic mass is 32.2. The van der Waals surface area contributed by atoms with Gasteiger partial charge in [0.05, 0.1) is 0 Å². The molecule has 0 aromatic heterocycles. The van der Waals surface area contributed by atoms with E-state index < -0.39 is 10.8 Å². The lowest BCUT2D eigenvalue weighted by Gasteiger charge is -2.21. The summed E-state index contributed by atoms with van der Waals surface area (Å²) in [6, 6.07) is 0. The number of hydrogen-bond donors (Lipinski definition) is 1. The van der Waals surface area contributed by atoms with E-state index in [0.29, 0.717) is 12.5 Å². The molecule has 0 aliphatic heterocycles. The van der Waals surface area contributed by atoms with Crippen molar-refractivity contribution in [2.45, 2.75) is 40.5 Å². The SMILES string of the molecule is CC(C)CCS(=O)CCC(C)(C)CN. The monoisotopic (exact) mass is 219 g/mol. The van der Waals surface area contributed by atoms with Gasteiger partial charge >= 0.3 is 0 Å². The van der Waals surface area contributed by atoms with E-state index in [1.165, 1.54) is 0 Å². The molecule has 0 heterocycles. The largest absolute Gasteiger partial charge is 0.330 e. The smallest absolute Gasteiger partial charge is 0.0240 e. The summed E-state index contributed by atoms with van der Waals surface area (Å²) in [5.74, 6) is 2.30. The van der Waals surface area contributed by atoms with Gasteiger partial charge in [0, 0.05) is 22.3 Å². The minimum absolute atomic E-state index is 0.146. The maximum absolute atomic E-state index is 11.6. The third-order valence-corrected chi connectivity index (χ3v) is 3.83. The van der Waals surface area contributed by atoms with Gasteiger partial charge in [0.1, 0.15) is 0 Å². The van der Waals surface area contributed by atoms with Crippen LogP contribution in [0, 0.1) is 11.3 Å². The van der Waals surface area contributed by atoms with Crippen LogP contribution in [-0.2, 0) is 10.8 Å². The molecule has 0 saturated heterocycles. The number of hydrogen-bond acceptors (Lipinski definition) is 2. The molecule has 0 saturated carbocycles. The number of rotatable bonds is 7. The van der Waals surface area contributed by atoms with Crippen molar-refractivity contribution in [1.29, 1.82) is 0 Å². The van der Waals surface area contributed by atoms with Crippen LogP contribution in [0.3, 0.4) is 0 Å². The molecule has 0 spiro atoms. The van der Waals surface area contributed by atoms with Crippen LogP contribution in [0.2, 0.25) is 0 Å². The average molecular weight is 219 g/mol. The molecular weight excluding hydrogens is 194 g/mol. The Morgan fingerprint density at radius 1 is 1.29 bits per heavy atom. The highest BCUT2D eigenvalue weighted by Crippen LogP contribution is 2.18. The van der Waals surface area contributed by atoms with E-state index in [4.69, 9.17) is 5.73 Å². The van der Waals surface area contributed by atoms with Gasteiger partial charge in [-0.1, -0.05) is 27.7 Å². The summed E-state index contributed by atoms with van der Waals surface area (Å²) in [5, 5.41) is 0. The summed E-state index contributed by atoms with van der Waals surface area (Å²) in [6.45, 7) is 9.27. The predicted molar refractivity (Wildman–Crippen MR) is 64.8 cm³/mol. The molecule has 0 aliphatic carbocycles. The summed E-state index contributed by atoms with van der Waals surface area (Å²) < 4.78 is 11.6. The van der Waals surface area contributed by atoms with Crippen LogP contribution >= 0.6 is 0 Å². The third kappa shape index (κ3) is 7.51. The standard InChI is InChI=1S/C11H25NOS/c1-10(2)5-7-14(13)8-6-11(3,4)9-12/h10H,5-9,12H2,1-4H3. The van der Waals surface area contributed by atoms with Gasteiger partial charge in [-0.25, -0.2) is 0 Å². The Morgan fingerprint density at radius 3 is 2.29 bits per heavy atom. The van der Waals surface area contributed by atoms with Crippen molar-refractivity contribution in [1.82, 2.24) is 0 Å². The molecule has 14 heavy (non-hydrogen) atoms. The fraction of sp³-hybridized carbons (Fsp3) is 1.00. The van der Waals surface area contributed by atoms with E-state index in [-0.39, 0.29) is 5.41 Å². The minimum Gasteiger partial charge on any atom is -0.330 e. The highest BCUT2D eigenvalue weighted by Gasteiger charge is 2.16. The van der Waals surface area contributed by atoms with Crippen LogP contribution in [0.1, 0.15) is 40.5 Å². The van der Waals surface area contributed by atoms with Crippen molar-refractivity contribution in [3.8, 4) is 0 Å². The van der Waals surface area contributed by atoms with Crippen molar-refractivity contribution >= 4 is 10.8 Å². The second-order valence-corrected chi connectivity index (χ2v) is 6.85. The Labute approximate surface area is 91.1 Å². The Kier molecular flexibility index (Phi) is 6.62. The Bertz CT molecular complexity index is 178. The van der Waals surface area contributed by atoms with Crippen molar-refractivity contribution < 1.29 is 4.21 Å². The van der Waals surface area contributed by atoms with E-state index >= 15 is 0 Å². The molecule has 0 radical (unpaired) electrons. The normalized spacial score (nSPS) is 14.7. The zero-order valence-electron chi connectivity index (χ0n) is 10.0. The van der Waals surface area contributed by atoms with Gasteiger partial charge in [0.2, 0.25) is 0 Å². The van der Waals surface area contributed by atoms with Gasteiger partial charge in [-0.15, -0.1) is 0 Å². The topological polar surface area (TPSA) is 43.1 Å². The molecular formula is C11H25NOS. The fourth-order valence-electron chi connectivity index (χ4n) is 0.961. The summed E-state index contributed by atoms with van der Waals surface area (Å²) in [7, 11) is -0.644. The van der Waals surface area contributed by atoms with Crippen molar-refractivity contribution in [3.05, 3.63) is 0 Å². The predicted octanol–water partition coefficient (Wildman–Crippen LogP) is 2.16. The second-order valence-electron chi connectivity index (χ2n) is 5.15. The molecule has 1 unspecified atom stereocenters.